The molecular formula is C30H33N3O6. The Balaban J connectivity index is 1.23. The van der Waals surface area contributed by atoms with E-state index in [1.54, 1.807) is 24.3 Å². The highest BCUT2D eigenvalue weighted by Crippen LogP contribution is 2.38. The van der Waals surface area contributed by atoms with Gasteiger partial charge in [-0.2, -0.15) is 0 Å². The van der Waals surface area contributed by atoms with Gasteiger partial charge in [0.15, 0.2) is 6.10 Å². The molecule has 0 bridgehead atoms. The van der Waals surface area contributed by atoms with Crippen molar-refractivity contribution >= 4 is 17.7 Å². The number of morpholine rings is 1. The van der Waals surface area contributed by atoms with Gasteiger partial charge in [0, 0.05) is 37.4 Å². The summed E-state index contributed by atoms with van der Waals surface area (Å²) in [5, 5.41) is 12.9. The van der Waals surface area contributed by atoms with Gasteiger partial charge in [-0.25, -0.2) is 4.79 Å². The van der Waals surface area contributed by atoms with Gasteiger partial charge in [0.25, 0.3) is 5.91 Å². The minimum absolute atomic E-state index is 0.172. The summed E-state index contributed by atoms with van der Waals surface area (Å²) in [6.45, 7) is 4.63. The van der Waals surface area contributed by atoms with E-state index in [-0.39, 0.29) is 12.5 Å². The van der Waals surface area contributed by atoms with Crippen LogP contribution in [0, 0.1) is 0 Å². The van der Waals surface area contributed by atoms with Crippen molar-refractivity contribution in [2.45, 2.75) is 18.8 Å². The summed E-state index contributed by atoms with van der Waals surface area (Å²) in [4.78, 5) is 29.2. The second kappa shape index (κ2) is 12.8. The van der Waals surface area contributed by atoms with E-state index in [0.29, 0.717) is 30.2 Å². The van der Waals surface area contributed by atoms with Gasteiger partial charge < -0.3 is 24.6 Å². The first-order valence-corrected chi connectivity index (χ1v) is 13.2. The third kappa shape index (κ3) is 6.57. The van der Waals surface area contributed by atoms with Crippen LogP contribution in [-0.2, 0) is 16.1 Å². The molecule has 2 atom stereocenters. The van der Waals surface area contributed by atoms with E-state index in [1.165, 1.54) is 4.90 Å². The molecule has 1 unspecified atom stereocenters. The molecule has 2 N–H and O–H groups in total. The van der Waals surface area contributed by atoms with Crippen LogP contribution in [0.5, 0.6) is 5.75 Å². The summed E-state index contributed by atoms with van der Waals surface area (Å²) in [5.41, 5.74) is 2.95. The predicted octanol–water partition coefficient (Wildman–Crippen LogP) is 3.39. The minimum Gasteiger partial charge on any atom is -0.489 e. The Hall–Kier alpha value is -3.92. The third-order valence-electron chi connectivity index (χ3n) is 6.95. The lowest BCUT2D eigenvalue weighted by molar-refractivity contribution is 0.0383. The number of aliphatic hydroxyl groups is 1. The molecule has 5 rings (SSSR count). The molecule has 2 aliphatic rings. The number of aliphatic hydroxyl groups excluding tert-OH is 1. The van der Waals surface area contributed by atoms with Crippen molar-refractivity contribution in [3.63, 3.8) is 0 Å². The average Bonchev–Trinajstić information content (AvgIpc) is 3.33. The normalized spacial score (nSPS) is 19.5. The summed E-state index contributed by atoms with van der Waals surface area (Å²) in [6, 6.07) is 23.6. The van der Waals surface area contributed by atoms with Crippen LogP contribution in [0.1, 0.15) is 27.5 Å². The van der Waals surface area contributed by atoms with E-state index >= 15 is 0 Å². The van der Waals surface area contributed by atoms with Crippen molar-refractivity contribution in [3.8, 4) is 5.75 Å². The molecule has 2 fully saturated rings. The van der Waals surface area contributed by atoms with Crippen LogP contribution in [0.4, 0.5) is 10.5 Å². The molecule has 2 saturated heterocycles. The zero-order chi connectivity index (χ0) is 27.0. The van der Waals surface area contributed by atoms with Crippen LogP contribution in [0.3, 0.4) is 0 Å². The Bertz CT molecular complexity index is 1230. The number of hydrogen-bond acceptors (Lipinski definition) is 7. The number of nitrogens with one attached hydrogen (secondary N) is 1. The first-order valence-electron chi connectivity index (χ1n) is 13.2. The van der Waals surface area contributed by atoms with Crippen LogP contribution in [0.2, 0.25) is 0 Å². The van der Waals surface area contributed by atoms with Crippen LogP contribution in [0.15, 0.2) is 78.9 Å². The highest BCUT2D eigenvalue weighted by Gasteiger charge is 2.43. The molecule has 2 aliphatic heterocycles. The highest BCUT2D eigenvalue weighted by molar-refractivity contribution is 5.96. The van der Waals surface area contributed by atoms with E-state index in [9.17, 15) is 14.7 Å². The van der Waals surface area contributed by atoms with Crippen molar-refractivity contribution in [2.24, 2.45) is 0 Å². The predicted molar refractivity (Wildman–Crippen MR) is 146 cm³/mol. The van der Waals surface area contributed by atoms with Crippen molar-refractivity contribution < 1.29 is 28.9 Å². The Kier molecular flexibility index (Phi) is 8.72. The number of benzene rings is 3. The number of anilines is 1. The van der Waals surface area contributed by atoms with E-state index in [2.05, 4.69) is 10.2 Å². The van der Waals surface area contributed by atoms with Gasteiger partial charge in [0.05, 0.1) is 19.8 Å². The lowest BCUT2D eigenvalue weighted by Crippen LogP contribution is -2.41. The lowest BCUT2D eigenvalue weighted by atomic mass is 10.00. The molecule has 39 heavy (non-hydrogen) atoms. The fourth-order valence-corrected chi connectivity index (χ4v) is 4.83. The quantitative estimate of drug-likeness (QED) is 0.414. The molecule has 0 aliphatic carbocycles. The topological polar surface area (TPSA) is 101 Å². The van der Waals surface area contributed by atoms with Gasteiger partial charge in [-0.3, -0.25) is 14.6 Å². The second-order valence-electron chi connectivity index (χ2n) is 9.52. The molecule has 0 aromatic heterocycles. The van der Waals surface area contributed by atoms with E-state index in [4.69, 9.17) is 14.2 Å². The monoisotopic (exact) mass is 531 g/mol. The second-order valence-corrected chi connectivity index (χ2v) is 9.52. The summed E-state index contributed by atoms with van der Waals surface area (Å²) < 4.78 is 16.7. The fourth-order valence-electron chi connectivity index (χ4n) is 4.83. The summed E-state index contributed by atoms with van der Waals surface area (Å²) in [5.74, 6) is 0.526. The largest absolute Gasteiger partial charge is 0.489 e. The van der Waals surface area contributed by atoms with Gasteiger partial charge in [0.1, 0.15) is 18.4 Å². The summed E-state index contributed by atoms with van der Waals surface area (Å²) in [6.07, 6.45) is -1.28. The molecule has 204 valence electrons. The SMILES string of the molecule is O=C(NCCN1CCOCC1)c1ccc(N2C(=O)OC(CO)[C@H]2c2ccc(OCc3ccccc3)cc2)cc1. The molecule has 9 nitrogen and oxygen atoms in total. The first kappa shape index (κ1) is 26.7. The molecule has 2 amide bonds. The smallest absolute Gasteiger partial charge is 0.415 e. The molecule has 9 heteroatoms. The molecular weight excluding hydrogens is 498 g/mol. The number of carbonyl (C=O) groups excluding carboxylic acids is 2. The minimum atomic E-state index is -0.725. The van der Waals surface area contributed by atoms with Gasteiger partial charge in [0.2, 0.25) is 0 Å². The molecule has 2 heterocycles. The van der Waals surface area contributed by atoms with E-state index in [0.717, 1.165) is 44.0 Å². The maximum Gasteiger partial charge on any atom is 0.415 e. The summed E-state index contributed by atoms with van der Waals surface area (Å²) in [7, 11) is 0. The Morgan fingerprint density at radius 1 is 0.974 bits per heavy atom. The molecule has 0 radical (unpaired) electrons. The number of carbonyl (C=O) groups is 2. The summed E-state index contributed by atoms with van der Waals surface area (Å²) >= 11 is 0. The van der Waals surface area contributed by atoms with Gasteiger partial charge in [-0.15, -0.1) is 0 Å². The Morgan fingerprint density at radius 2 is 1.69 bits per heavy atom. The third-order valence-corrected chi connectivity index (χ3v) is 6.95. The number of nitrogens with zero attached hydrogens (tertiary/aromatic N) is 2. The van der Waals surface area contributed by atoms with Crippen LogP contribution >= 0.6 is 0 Å². The fraction of sp³-hybridized carbons (Fsp3) is 0.333. The van der Waals surface area contributed by atoms with Gasteiger partial charge >= 0.3 is 6.09 Å². The molecule has 3 aromatic rings. The Morgan fingerprint density at radius 3 is 2.38 bits per heavy atom. The standard InChI is InChI=1S/C30H33N3O6/c34-20-27-28(23-8-12-26(13-9-23)38-21-22-4-2-1-3-5-22)33(30(36)39-27)25-10-6-24(7-11-25)29(35)31-14-15-32-16-18-37-19-17-32/h1-13,27-28,34H,14-21H2,(H,31,35)/t27?,28-/m1/s1. The molecule has 0 spiro atoms. The van der Waals surface area contributed by atoms with Crippen molar-refractivity contribution in [3.05, 3.63) is 95.6 Å². The van der Waals surface area contributed by atoms with E-state index in [1.807, 2.05) is 54.6 Å². The zero-order valence-electron chi connectivity index (χ0n) is 21.7. The number of rotatable bonds is 10. The highest BCUT2D eigenvalue weighted by atomic mass is 16.6. The van der Waals surface area contributed by atoms with Crippen LogP contribution in [-0.4, -0.2) is 74.1 Å². The lowest BCUT2D eigenvalue weighted by Gasteiger charge is -2.26. The Labute approximate surface area is 227 Å². The zero-order valence-corrected chi connectivity index (χ0v) is 21.7. The van der Waals surface area contributed by atoms with Crippen LogP contribution in [0.25, 0.3) is 0 Å². The number of amides is 2. The number of ether oxygens (including phenoxy) is 3. The van der Waals surface area contributed by atoms with Crippen molar-refractivity contribution in [2.75, 3.05) is 50.9 Å². The number of hydrogen-bond donors (Lipinski definition) is 2. The van der Waals surface area contributed by atoms with E-state index < -0.39 is 18.2 Å². The molecule has 0 saturated carbocycles. The van der Waals surface area contributed by atoms with Gasteiger partial charge in [-0.1, -0.05) is 42.5 Å². The maximum atomic E-state index is 12.8. The van der Waals surface area contributed by atoms with Crippen LogP contribution < -0.4 is 15.0 Å². The maximum absolute atomic E-state index is 12.8. The van der Waals surface area contributed by atoms with Crippen molar-refractivity contribution in [1.29, 1.82) is 0 Å². The van der Waals surface area contributed by atoms with Crippen molar-refractivity contribution in [1.82, 2.24) is 10.2 Å². The number of cyclic esters (lactones) is 1. The average molecular weight is 532 g/mol. The molecule has 3 aromatic carbocycles. The van der Waals surface area contributed by atoms with Gasteiger partial charge in [-0.05, 0) is 47.5 Å². The first-order chi connectivity index (χ1) is 19.1.